The maximum atomic E-state index is 12.6. The highest BCUT2D eigenvalue weighted by molar-refractivity contribution is 5.07. The standard InChI is InChI=1S/C7H5F11O/c1-2(8)3(9,10)4(11,12)5(13,14)6(15,16)7(17,18)19/h2,19H,1H3. The van der Waals surface area contributed by atoms with Crippen LogP contribution in [0.1, 0.15) is 6.92 Å². The molecule has 0 aliphatic rings. The largest absolute Gasteiger partial charge is 0.423 e. The molecule has 1 nitrogen and oxygen atoms in total. The van der Waals surface area contributed by atoms with Crippen molar-refractivity contribution in [1.29, 1.82) is 0 Å². The molecule has 0 aliphatic heterocycles. The highest BCUT2D eigenvalue weighted by atomic mass is 19.4. The van der Waals surface area contributed by atoms with Gasteiger partial charge in [0.2, 0.25) is 0 Å². The van der Waals surface area contributed by atoms with Gasteiger partial charge < -0.3 is 5.11 Å². The lowest BCUT2D eigenvalue weighted by Crippen LogP contribution is -2.68. The number of rotatable bonds is 5. The van der Waals surface area contributed by atoms with Gasteiger partial charge in [0.25, 0.3) is 0 Å². The average Bonchev–Trinajstić information content (AvgIpc) is 2.14. The Balaban J connectivity index is 5.92. The Labute approximate surface area is 97.5 Å². The van der Waals surface area contributed by atoms with Gasteiger partial charge in [-0.25, -0.2) is 4.39 Å². The van der Waals surface area contributed by atoms with Gasteiger partial charge in [0.15, 0.2) is 6.17 Å². The minimum absolute atomic E-state index is 0.362. The zero-order valence-corrected chi connectivity index (χ0v) is 8.68. The SMILES string of the molecule is CC(F)C(F)(F)C(F)(F)C(F)(F)C(F)(F)C(O)(F)F. The molecule has 0 radical (unpaired) electrons. The molecule has 0 spiro atoms. The maximum Gasteiger partial charge on any atom is 0.423 e. The number of halogens is 11. The van der Waals surface area contributed by atoms with Crippen LogP contribution in [-0.4, -0.2) is 41.1 Å². The van der Waals surface area contributed by atoms with Crippen LogP contribution >= 0.6 is 0 Å². The number of hydrogen-bond donors (Lipinski definition) is 1. The Morgan fingerprint density at radius 2 is 1.00 bits per heavy atom. The molecule has 0 aromatic heterocycles. The fraction of sp³-hybridized carbons (Fsp3) is 1.00. The minimum Gasteiger partial charge on any atom is -0.331 e. The highest BCUT2D eigenvalue weighted by Crippen LogP contribution is 2.57. The zero-order valence-electron chi connectivity index (χ0n) is 8.68. The molecule has 0 saturated heterocycles. The van der Waals surface area contributed by atoms with E-state index in [1.807, 2.05) is 0 Å². The van der Waals surface area contributed by atoms with Gasteiger partial charge in [-0.3, -0.25) is 0 Å². The molecule has 1 N–H and O–H groups in total. The van der Waals surface area contributed by atoms with Gasteiger partial charge in [-0.15, -0.1) is 0 Å². The van der Waals surface area contributed by atoms with Crippen molar-refractivity contribution in [3.8, 4) is 0 Å². The van der Waals surface area contributed by atoms with Crippen molar-refractivity contribution in [3.05, 3.63) is 0 Å². The van der Waals surface area contributed by atoms with E-state index in [2.05, 4.69) is 0 Å². The third-order valence-electron chi connectivity index (χ3n) is 2.08. The van der Waals surface area contributed by atoms with Crippen LogP contribution < -0.4 is 0 Å². The van der Waals surface area contributed by atoms with E-state index in [4.69, 9.17) is 5.11 Å². The number of hydrogen-bond acceptors (Lipinski definition) is 1. The van der Waals surface area contributed by atoms with Crippen LogP contribution in [0.5, 0.6) is 0 Å². The second-order valence-electron chi connectivity index (χ2n) is 3.50. The van der Waals surface area contributed by atoms with Crippen molar-refractivity contribution in [1.82, 2.24) is 0 Å². The minimum atomic E-state index is -7.41. The van der Waals surface area contributed by atoms with Crippen molar-refractivity contribution < 1.29 is 53.4 Å². The van der Waals surface area contributed by atoms with Gasteiger partial charge >= 0.3 is 29.8 Å². The topological polar surface area (TPSA) is 20.2 Å². The highest BCUT2D eigenvalue weighted by Gasteiger charge is 2.87. The van der Waals surface area contributed by atoms with Crippen molar-refractivity contribution >= 4 is 0 Å². The van der Waals surface area contributed by atoms with Crippen LogP contribution in [0.4, 0.5) is 48.3 Å². The second kappa shape index (κ2) is 4.35. The molecular weight excluding hydrogens is 309 g/mol. The summed E-state index contributed by atoms with van der Waals surface area (Å²) in [6.45, 7) is -0.362. The summed E-state index contributed by atoms with van der Waals surface area (Å²) in [7, 11) is 0. The Bertz CT molecular complexity index is 328. The van der Waals surface area contributed by atoms with Gasteiger partial charge in [0.05, 0.1) is 0 Å². The summed E-state index contributed by atoms with van der Waals surface area (Å²) in [6.07, 6.45) is -10.8. The second-order valence-corrected chi connectivity index (χ2v) is 3.50. The lowest BCUT2D eigenvalue weighted by Gasteiger charge is -2.38. The molecular formula is C7H5F11O. The molecule has 0 aliphatic carbocycles. The monoisotopic (exact) mass is 314 g/mol. The van der Waals surface area contributed by atoms with Crippen molar-refractivity contribution in [2.45, 2.75) is 42.9 Å². The molecule has 19 heavy (non-hydrogen) atoms. The van der Waals surface area contributed by atoms with Crippen molar-refractivity contribution in [2.24, 2.45) is 0 Å². The summed E-state index contributed by atoms with van der Waals surface area (Å²) in [6, 6.07) is 0. The predicted molar refractivity (Wildman–Crippen MR) is 37.5 cm³/mol. The van der Waals surface area contributed by atoms with Crippen LogP contribution in [0.2, 0.25) is 0 Å². The van der Waals surface area contributed by atoms with Crippen molar-refractivity contribution in [2.75, 3.05) is 0 Å². The summed E-state index contributed by atoms with van der Waals surface area (Å²) < 4.78 is 136. The number of aliphatic hydroxyl groups is 1. The van der Waals surface area contributed by atoms with Crippen LogP contribution in [0.3, 0.4) is 0 Å². The summed E-state index contributed by atoms with van der Waals surface area (Å²) in [5.74, 6) is -28.2. The molecule has 0 rings (SSSR count). The first kappa shape index (κ1) is 18.2. The average molecular weight is 314 g/mol. The first-order valence-electron chi connectivity index (χ1n) is 4.20. The summed E-state index contributed by atoms with van der Waals surface area (Å²) >= 11 is 0. The van der Waals surface area contributed by atoms with Gasteiger partial charge in [-0.1, -0.05) is 0 Å². The third-order valence-corrected chi connectivity index (χ3v) is 2.08. The maximum absolute atomic E-state index is 12.6. The van der Waals surface area contributed by atoms with E-state index in [9.17, 15) is 48.3 Å². The molecule has 0 heterocycles. The van der Waals surface area contributed by atoms with E-state index < -0.39 is 36.0 Å². The lowest BCUT2D eigenvalue weighted by atomic mass is 9.95. The van der Waals surface area contributed by atoms with E-state index in [1.54, 1.807) is 0 Å². The summed E-state index contributed by atoms with van der Waals surface area (Å²) in [4.78, 5) is 0. The van der Waals surface area contributed by atoms with Crippen LogP contribution in [0.25, 0.3) is 0 Å². The van der Waals surface area contributed by atoms with E-state index in [0.717, 1.165) is 0 Å². The molecule has 1 unspecified atom stereocenters. The fourth-order valence-electron chi connectivity index (χ4n) is 0.845. The molecule has 0 fully saturated rings. The zero-order chi connectivity index (χ0) is 16.1. The Morgan fingerprint density at radius 1 is 0.684 bits per heavy atom. The smallest absolute Gasteiger partial charge is 0.331 e. The van der Waals surface area contributed by atoms with E-state index >= 15 is 0 Å². The molecule has 12 heteroatoms. The van der Waals surface area contributed by atoms with E-state index in [0.29, 0.717) is 0 Å². The predicted octanol–water partition coefficient (Wildman–Crippen LogP) is 3.47. The summed E-state index contributed by atoms with van der Waals surface area (Å²) in [5, 5.41) is 7.41. The third kappa shape index (κ3) is 2.34. The first-order valence-corrected chi connectivity index (χ1v) is 4.20. The van der Waals surface area contributed by atoms with Gasteiger partial charge in [-0.05, 0) is 6.92 Å². The van der Waals surface area contributed by atoms with Gasteiger partial charge in [0.1, 0.15) is 0 Å². The Hall–Kier alpha value is -0.810. The Morgan fingerprint density at radius 3 is 1.21 bits per heavy atom. The van der Waals surface area contributed by atoms with Gasteiger partial charge in [0, 0.05) is 0 Å². The van der Waals surface area contributed by atoms with E-state index in [-0.39, 0.29) is 6.92 Å². The first-order chi connectivity index (χ1) is 7.94. The van der Waals surface area contributed by atoms with Gasteiger partial charge in [-0.2, -0.15) is 43.9 Å². The summed E-state index contributed by atoms with van der Waals surface area (Å²) in [5.41, 5.74) is 0. The van der Waals surface area contributed by atoms with Crippen molar-refractivity contribution in [3.63, 3.8) is 0 Å². The molecule has 1 atom stereocenters. The normalized spacial score (nSPS) is 17.5. The van der Waals surface area contributed by atoms with Crippen LogP contribution in [0.15, 0.2) is 0 Å². The lowest BCUT2D eigenvalue weighted by molar-refractivity contribution is -0.440. The van der Waals surface area contributed by atoms with E-state index in [1.165, 1.54) is 0 Å². The molecule has 0 saturated carbocycles. The quantitative estimate of drug-likeness (QED) is 0.771. The van der Waals surface area contributed by atoms with Crippen LogP contribution in [0, 0.1) is 0 Å². The molecule has 0 amide bonds. The van der Waals surface area contributed by atoms with Crippen LogP contribution in [-0.2, 0) is 0 Å². The molecule has 0 aromatic carbocycles. The molecule has 0 bridgehead atoms. The fourth-order valence-corrected chi connectivity index (χ4v) is 0.845. The Kier molecular flexibility index (Phi) is 4.16. The molecule has 0 aromatic rings. The number of alkyl halides is 11. The molecule has 116 valence electrons.